The van der Waals surface area contributed by atoms with E-state index in [1.54, 1.807) is 13.2 Å². The number of benzene rings is 1. The van der Waals surface area contributed by atoms with Crippen LogP contribution in [0.15, 0.2) is 18.2 Å². The Labute approximate surface area is 176 Å². The van der Waals surface area contributed by atoms with Crippen LogP contribution in [0.1, 0.15) is 52.4 Å². The van der Waals surface area contributed by atoms with Crippen molar-refractivity contribution in [3.8, 4) is 0 Å². The minimum Gasteiger partial charge on any atom is -0.384 e. The third kappa shape index (κ3) is 3.36. The number of methoxy groups -OCH3 is 1. The summed E-state index contributed by atoms with van der Waals surface area (Å²) < 4.78 is 7.57. The molecule has 142 valence electrons. The van der Waals surface area contributed by atoms with Gasteiger partial charge in [-0.05, 0) is 65.8 Å². The van der Waals surface area contributed by atoms with Crippen molar-refractivity contribution in [2.75, 3.05) is 13.7 Å². The first-order valence-corrected chi connectivity index (χ1v) is 10.5. The quantitative estimate of drug-likeness (QED) is 0.461. The van der Waals surface area contributed by atoms with Gasteiger partial charge in [0.05, 0.1) is 28.3 Å². The third-order valence-corrected chi connectivity index (χ3v) is 6.77. The van der Waals surface area contributed by atoms with E-state index in [2.05, 4.69) is 27.7 Å². The van der Waals surface area contributed by atoms with Gasteiger partial charge in [0.2, 0.25) is 0 Å². The Kier molecular flexibility index (Phi) is 5.16. The first kappa shape index (κ1) is 19.1. The van der Waals surface area contributed by atoms with Crippen molar-refractivity contribution in [3.63, 3.8) is 0 Å². The Bertz CT molecular complexity index is 922. The lowest BCUT2D eigenvalue weighted by atomic mass is 9.75. The molecule has 0 aliphatic heterocycles. The number of rotatable bonds is 5. The molecule has 0 amide bonds. The number of aldehydes is 1. The average molecular weight is 499 g/mol. The SMILES string of the molecule is COCC1(C=O)CCc2c(I)nn(C(=O)c3c(Cl)cccc3C3CC3)c2C1. The second-order valence-corrected chi connectivity index (χ2v) is 8.93. The van der Waals surface area contributed by atoms with Gasteiger partial charge in [0.1, 0.15) is 9.99 Å². The minimum atomic E-state index is -0.608. The molecule has 7 heteroatoms. The third-order valence-electron chi connectivity index (χ3n) is 5.58. The molecule has 1 aromatic carbocycles. The number of hydrogen-bond donors (Lipinski definition) is 0. The number of hydrogen-bond acceptors (Lipinski definition) is 4. The van der Waals surface area contributed by atoms with Crippen molar-refractivity contribution in [2.45, 2.75) is 38.0 Å². The Morgan fingerprint density at radius 2 is 2.26 bits per heavy atom. The highest BCUT2D eigenvalue weighted by atomic mass is 127. The second kappa shape index (κ2) is 7.29. The Hall–Kier alpha value is -1.25. The van der Waals surface area contributed by atoms with Gasteiger partial charge in [-0.1, -0.05) is 23.7 Å². The van der Waals surface area contributed by atoms with E-state index in [0.717, 1.165) is 39.6 Å². The molecule has 0 bridgehead atoms. The molecule has 0 saturated heterocycles. The average Bonchev–Trinajstić information content (AvgIpc) is 3.46. The van der Waals surface area contributed by atoms with Crippen LogP contribution in [0.25, 0.3) is 0 Å². The fourth-order valence-electron chi connectivity index (χ4n) is 4.00. The number of nitrogens with zero attached hydrogens (tertiary/aromatic N) is 2. The standard InChI is InChI=1S/C20H20ClIN2O3/c1-27-11-20(10-25)8-7-14-16(9-20)24(23-18(14)22)19(26)17-13(12-5-6-12)3-2-4-15(17)21/h2-4,10,12H,5-9,11H2,1H3. The molecule has 1 atom stereocenters. The van der Waals surface area contributed by atoms with Gasteiger partial charge in [-0.15, -0.1) is 0 Å². The van der Waals surface area contributed by atoms with Crippen molar-refractivity contribution in [3.05, 3.63) is 49.3 Å². The smallest absolute Gasteiger partial charge is 0.280 e. The highest BCUT2D eigenvalue weighted by Crippen LogP contribution is 2.44. The van der Waals surface area contributed by atoms with E-state index < -0.39 is 5.41 Å². The summed E-state index contributed by atoms with van der Waals surface area (Å²) in [6.07, 6.45) is 4.99. The van der Waals surface area contributed by atoms with Gasteiger partial charge in [0.15, 0.2) is 0 Å². The van der Waals surface area contributed by atoms with Crippen LogP contribution in [0.3, 0.4) is 0 Å². The molecular weight excluding hydrogens is 479 g/mol. The van der Waals surface area contributed by atoms with Gasteiger partial charge in [-0.25, -0.2) is 0 Å². The number of fused-ring (bicyclic) bond motifs is 1. The maximum Gasteiger partial charge on any atom is 0.280 e. The molecule has 2 aliphatic carbocycles. The van der Waals surface area contributed by atoms with Gasteiger partial charge < -0.3 is 9.53 Å². The number of carbonyl (C=O) groups is 2. The number of halogens is 2. The van der Waals surface area contributed by atoms with E-state index in [-0.39, 0.29) is 5.91 Å². The van der Waals surface area contributed by atoms with Crippen LogP contribution < -0.4 is 0 Å². The summed E-state index contributed by atoms with van der Waals surface area (Å²) in [5.41, 5.74) is 2.79. The van der Waals surface area contributed by atoms with Crippen LogP contribution in [-0.4, -0.2) is 35.7 Å². The molecule has 1 fully saturated rings. The second-order valence-electron chi connectivity index (χ2n) is 7.50. The summed E-state index contributed by atoms with van der Waals surface area (Å²) in [7, 11) is 1.60. The maximum atomic E-state index is 13.5. The van der Waals surface area contributed by atoms with Crippen molar-refractivity contribution in [2.24, 2.45) is 5.41 Å². The first-order chi connectivity index (χ1) is 13.0. The normalized spacial score (nSPS) is 21.7. The highest BCUT2D eigenvalue weighted by molar-refractivity contribution is 14.1. The molecule has 1 aromatic heterocycles. The fraction of sp³-hybridized carbons (Fsp3) is 0.450. The monoisotopic (exact) mass is 498 g/mol. The summed E-state index contributed by atoms with van der Waals surface area (Å²) in [6.45, 7) is 0.339. The number of carbonyl (C=O) groups excluding carboxylic acids is 2. The lowest BCUT2D eigenvalue weighted by Crippen LogP contribution is -2.36. The zero-order valence-corrected chi connectivity index (χ0v) is 17.9. The number of ether oxygens (including phenoxy) is 1. The molecular formula is C20H20ClIN2O3. The summed E-state index contributed by atoms with van der Waals surface area (Å²) in [5, 5.41) is 4.99. The molecule has 2 aliphatic rings. The predicted molar refractivity (Wildman–Crippen MR) is 110 cm³/mol. The Morgan fingerprint density at radius 1 is 1.48 bits per heavy atom. The van der Waals surface area contributed by atoms with Crippen LogP contribution in [0.5, 0.6) is 0 Å². The van der Waals surface area contributed by atoms with Gasteiger partial charge in [-0.3, -0.25) is 4.79 Å². The van der Waals surface area contributed by atoms with Gasteiger partial charge >= 0.3 is 0 Å². The Morgan fingerprint density at radius 3 is 2.93 bits per heavy atom. The molecule has 0 N–H and O–H groups in total. The zero-order valence-electron chi connectivity index (χ0n) is 15.0. The van der Waals surface area contributed by atoms with Crippen LogP contribution in [0.4, 0.5) is 0 Å². The van der Waals surface area contributed by atoms with Crippen molar-refractivity contribution in [1.82, 2.24) is 9.78 Å². The van der Waals surface area contributed by atoms with Crippen LogP contribution in [-0.2, 0) is 22.4 Å². The lowest BCUT2D eigenvalue weighted by Gasteiger charge is -2.31. The predicted octanol–water partition coefficient (Wildman–Crippen LogP) is 4.03. The number of aromatic nitrogens is 2. The van der Waals surface area contributed by atoms with Crippen LogP contribution in [0.2, 0.25) is 5.02 Å². The summed E-state index contributed by atoms with van der Waals surface area (Å²) >= 11 is 8.60. The van der Waals surface area contributed by atoms with E-state index in [4.69, 9.17) is 16.3 Å². The van der Waals surface area contributed by atoms with E-state index in [0.29, 0.717) is 42.4 Å². The van der Waals surface area contributed by atoms with Gasteiger partial charge in [-0.2, -0.15) is 9.78 Å². The summed E-state index contributed by atoms with van der Waals surface area (Å²) in [5.74, 6) is 0.191. The molecule has 0 spiro atoms. The van der Waals surface area contributed by atoms with Crippen molar-refractivity contribution >= 4 is 46.4 Å². The summed E-state index contributed by atoms with van der Waals surface area (Å²) in [4.78, 5) is 25.3. The Balaban J connectivity index is 1.79. The van der Waals surface area contributed by atoms with E-state index >= 15 is 0 Å². The first-order valence-electron chi connectivity index (χ1n) is 9.04. The molecule has 1 heterocycles. The van der Waals surface area contributed by atoms with E-state index in [9.17, 15) is 9.59 Å². The molecule has 0 radical (unpaired) electrons. The van der Waals surface area contributed by atoms with Crippen LogP contribution >= 0.6 is 34.2 Å². The topological polar surface area (TPSA) is 61.2 Å². The van der Waals surface area contributed by atoms with Crippen molar-refractivity contribution in [1.29, 1.82) is 0 Å². The molecule has 1 saturated carbocycles. The van der Waals surface area contributed by atoms with Gasteiger partial charge in [0, 0.05) is 19.1 Å². The molecule has 1 unspecified atom stereocenters. The van der Waals surface area contributed by atoms with E-state index in [1.807, 2.05) is 12.1 Å². The maximum absolute atomic E-state index is 13.5. The largest absolute Gasteiger partial charge is 0.384 e. The molecule has 4 rings (SSSR count). The fourth-order valence-corrected chi connectivity index (χ4v) is 5.06. The molecule has 27 heavy (non-hydrogen) atoms. The zero-order chi connectivity index (χ0) is 19.2. The highest BCUT2D eigenvalue weighted by Gasteiger charge is 2.39. The van der Waals surface area contributed by atoms with Crippen LogP contribution in [0, 0.1) is 9.12 Å². The molecule has 2 aromatic rings. The minimum absolute atomic E-state index is 0.208. The molecule has 5 nitrogen and oxygen atoms in total. The van der Waals surface area contributed by atoms with Crippen molar-refractivity contribution < 1.29 is 14.3 Å². The summed E-state index contributed by atoms with van der Waals surface area (Å²) in [6, 6.07) is 5.63. The van der Waals surface area contributed by atoms with Gasteiger partial charge in [0.25, 0.3) is 5.91 Å². The van der Waals surface area contributed by atoms with E-state index in [1.165, 1.54) is 4.68 Å². The lowest BCUT2D eigenvalue weighted by molar-refractivity contribution is -0.119.